The molecule has 26 heavy (non-hydrogen) atoms. The van der Waals surface area contributed by atoms with Crippen molar-refractivity contribution < 1.29 is 9.53 Å². The van der Waals surface area contributed by atoms with Gasteiger partial charge in [-0.05, 0) is 24.4 Å². The molecule has 3 rings (SSSR count). The van der Waals surface area contributed by atoms with Gasteiger partial charge in [0.2, 0.25) is 5.91 Å². The van der Waals surface area contributed by atoms with E-state index in [1.54, 1.807) is 18.4 Å². The number of hydrogen-bond acceptors (Lipinski definition) is 6. The van der Waals surface area contributed by atoms with Crippen molar-refractivity contribution >= 4 is 29.0 Å². The molecule has 0 radical (unpaired) electrons. The van der Waals surface area contributed by atoms with E-state index in [4.69, 9.17) is 4.74 Å². The molecule has 0 bridgehead atoms. The lowest BCUT2D eigenvalue weighted by molar-refractivity contribution is -0.119. The number of aromatic nitrogens is 3. The summed E-state index contributed by atoms with van der Waals surface area (Å²) < 4.78 is 7.26. The topological polar surface area (TPSA) is 69.0 Å². The van der Waals surface area contributed by atoms with Crippen LogP contribution in [0.15, 0.2) is 46.9 Å². The van der Waals surface area contributed by atoms with Crippen molar-refractivity contribution in [1.82, 2.24) is 20.1 Å². The van der Waals surface area contributed by atoms with Crippen LogP contribution in [0.25, 0.3) is 10.7 Å². The molecular weight excluding hydrogens is 368 g/mol. The minimum atomic E-state index is -0.138. The fraction of sp³-hybridized carbons (Fsp3) is 0.278. The summed E-state index contributed by atoms with van der Waals surface area (Å²) in [7, 11) is 3.54. The van der Waals surface area contributed by atoms with Gasteiger partial charge in [0.25, 0.3) is 0 Å². The molecule has 0 fully saturated rings. The van der Waals surface area contributed by atoms with Crippen molar-refractivity contribution in [3.63, 3.8) is 0 Å². The average Bonchev–Trinajstić information content (AvgIpc) is 3.29. The summed E-state index contributed by atoms with van der Waals surface area (Å²) in [6, 6.07) is 11.5. The number of thiophene rings is 1. The number of nitrogens with zero attached hydrogens (tertiary/aromatic N) is 3. The zero-order valence-corrected chi connectivity index (χ0v) is 16.4. The Morgan fingerprint density at radius 1 is 1.31 bits per heavy atom. The highest BCUT2D eigenvalue weighted by Crippen LogP contribution is 2.27. The van der Waals surface area contributed by atoms with Crippen molar-refractivity contribution in [3.05, 3.63) is 47.3 Å². The van der Waals surface area contributed by atoms with Crippen molar-refractivity contribution in [2.75, 3.05) is 12.9 Å². The summed E-state index contributed by atoms with van der Waals surface area (Å²) in [4.78, 5) is 13.4. The fourth-order valence-corrected chi connectivity index (χ4v) is 4.04. The Labute approximate surface area is 160 Å². The second kappa shape index (κ2) is 8.37. The fourth-order valence-electron chi connectivity index (χ4n) is 2.58. The number of amides is 1. The first-order valence-electron chi connectivity index (χ1n) is 8.08. The van der Waals surface area contributed by atoms with Gasteiger partial charge < -0.3 is 14.6 Å². The standard InChI is InChI=1S/C18H20N4O2S2/c1-12(13-7-4-5-8-14(13)24-3)19-16(23)11-26-18-21-20-17(22(18)2)15-9-6-10-25-15/h4-10,12H,11H2,1-3H3,(H,19,23). The molecule has 0 aliphatic heterocycles. The maximum atomic E-state index is 12.3. The average molecular weight is 389 g/mol. The zero-order chi connectivity index (χ0) is 18.5. The van der Waals surface area contributed by atoms with E-state index < -0.39 is 0 Å². The van der Waals surface area contributed by atoms with Crippen LogP contribution in [0.4, 0.5) is 0 Å². The lowest BCUT2D eigenvalue weighted by atomic mass is 10.1. The molecule has 0 saturated carbocycles. The molecule has 2 aromatic heterocycles. The maximum Gasteiger partial charge on any atom is 0.230 e. The van der Waals surface area contributed by atoms with E-state index in [-0.39, 0.29) is 17.7 Å². The highest BCUT2D eigenvalue weighted by molar-refractivity contribution is 7.99. The molecule has 1 N–H and O–H groups in total. The first kappa shape index (κ1) is 18.5. The van der Waals surface area contributed by atoms with E-state index in [0.29, 0.717) is 5.16 Å². The summed E-state index contributed by atoms with van der Waals surface area (Å²) in [5.74, 6) is 1.79. The molecule has 136 valence electrons. The van der Waals surface area contributed by atoms with E-state index in [0.717, 1.165) is 22.0 Å². The van der Waals surface area contributed by atoms with Crippen LogP contribution < -0.4 is 10.1 Å². The summed E-state index contributed by atoms with van der Waals surface area (Å²) in [5, 5.41) is 14.1. The minimum absolute atomic E-state index is 0.0610. The monoisotopic (exact) mass is 388 g/mol. The van der Waals surface area contributed by atoms with Crippen LogP contribution in [-0.2, 0) is 11.8 Å². The van der Waals surface area contributed by atoms with E-state index in [1.165, 1.54) is 11.8 Å². The van der Waals surface area contributed by atoms with E-state index >= 15 is 0 Å². The van der Waals surface area contributed by atoms with E-state index in [9.17, 15) is 4.79 Å². The smallest absolute Gasteiger partial charge is 0.230 e. The predicted octanol–water partition coefficient (Wildman–Crippen LogP) is 3.52. The SMILES string of the molecule is COc1ccccc1C(C)NC(=O)CSc1nnc(-c2cccs2)n1C. The Morgan fingerprint density at radius 3 is 2.85 bits per heavy atom. The van der Waals surface area contributed by atoms with Crippen LogP contribution in [0.2, 0.25) is 0 Å². The predicted molar refractivity (Wildman–Crippen MR) is 105 cm³/mol. The third-order valence-corrected chi connectivity index (χ3v) is 5.78. The molecule has 3 aromatic rings. The molecule has 0 spiro atoms. The maximum absolute atomic E-state index is 12.3. The Morgan fingerprint density at radius 2 is 2.12 bits per heavy atom. The Bertz CT molecular complexity index is 877. The van der Waals surface area contributed by atoms with E-state index in [2.05, 4.69) is 15.5 Å². The molecule has 8 heteroatoms. The molecule has 0 aliphatic carbocycles. The molecule has 1 atom stereocenters. The number of hydrogen-bond donors (Lipinski definition) is 1. The van der Waals surface area contributed by atoms with Gasteiger partial charge in [0.15, 0.2) is 11.0 Å². The summed E-state index contributed by atoms with van der Waals surface area (Å²) in [6.45, 7) is 1.94. The van der Waals surface area contributed by atoms with Gasteiger partial charge in [-0.1, -0.05) is 36.0 Å². The van der Waals surface area contributed by atoms with Gasteiger partial charge >= 0.3 is 0 Å². The Kier molecular flexibility index (Phi) is 5.95. The quantitative estimate of drug-likeness (QED) is 0.627. The summed E-state index contributed by atoms with van der Waals surface area (Å²) >= 11 is 2.98. The Balaban J connectivity index is 1.59. The lowest BCUT2D eigenvalue weighted by Crippen LogP contribution is -2.28. The van der Waals surface area contributed by atoms with Crippen molar-refractivity contribution in [2.24, 2.45) is 7.05 Å². The van der Waals surface area contributed by atoms with Crippen LogP contribution in [-0.4, -0.2) is 33.5 Å². The largest absolute Gasteiger partial charge is 0.496 e. The van der Waals surface area contributed by atoms with Gasteiger partial charge in [-0.3, -0.25) is 4.79 Å². The number of thioether (sulfide) groups is 1. The van der Waals surface area contributed by atoms with Crippen molar-refractivity contribution in [2.45, 2.75) is 18.1 Å². The number of carbonyl (C=O) groups is 1. The number of rotatable bonds is 7. The molecule has 0 aliphatic rings. The van der Waals surface area contributed by atoms with Gasteiger partial charge in [-0.25, -0.2) is 0 Å². The van der Waals surface area contributed by atoms with Gasteiger partial charge in [0, 0.05) is 12.6 Å². The van der Waals surface area contributed by atoms with Crippen LogP contribution >= 0.6 is 23.1 Å². The zero-order valence-electron chi connectivity index (χ0n) is 14.8. The highest BCUT2D eigenvalue weighted by Gasteiger charge is 2.16. The van der Waals surface area contributed by atoms with Crippen LogP contribution in [0.5, 0.6) is 5.75 Å². The lowest BCUT2D eigenvalue weighted by Gasteiger charge is -2.17. The third kappa shape index (κ3) is 4.08. The summed E-state index contributed by atoms with van der Waals surface area (Å²) in [6.07, 6.45) is 0. The second-order valence-corrected chi connectivity index (χ2v) is 7.55. The number of carbonyl (C=O) groups excluding carboxylic acids is 1. The van der Waals surface area contributed by atoms with E-state index in [1.807, 2.05) is 60.3 Å². The second-order valence-electron chi connectivity index (χ2n) is 5.66. The Hall–Kier alpha value is -2.32. The van der Waals surface area contributed by atoms with Crippen LogP contribution in [0.3, 0.4) is 0 Å². The van der Waals surface area contributed by atoms with Crippen molar-refractivity contribution in [1.29, 1.82) is 0 Å². The minimum Gasteiger partial charge on any atom is -0.496 e. The summed E-state index contributed by atoms with van der Waals surface area (Å²) in [5.41, 5.74) is 0.951. The van der Waals surface area contributed by atoms with Crippen LogP contribution in [0.1, 0.15) is 18.5 Å². The van der Waals surface area contributed by atoms with Crippen molar-refractivity contribution in [3.8, 4) is 16.5 Å². The third-order valence-electron chi connectivity index (χ3n) is 3.89. The number of nitrogens with one attached hydrogen (secondary N) is 1. The molecule has 1 aromatic carbocycles. The normalized spacial score (nSPS) is 12.0. The molecule has 1 unspecified atom stereocenters. The van der Waals surface area contributed by atoms with Crippen LogP contribution in [0, 0.1) is 0 Å². The van der Waals surface area contributed by atoms with Gasteiger partial charge in [0.05, 0.1) is 23.8 Å². The molecule has 0 saturated heterocycles. The molecule has 2 heterocycles. The number of methoxy groups -OCH3 is 1. The van der Waals surface area contributed by atoms with Gasteiger partial charge in [-0.15, -0.1) is 21.5 Å². The molecule has 1 amide bonds. The molecular formula is C18H20N4O2S2. The van der Waals surface area contributed by atoms with Gasteiger partial charge in [0.1, 0.15) is 5.75 Å². The van der Waals surface area contributed by atoms with Gasteiger partial charge in [-0.2, -0.15) is 0 Å². The molecule has 6 nitrogen and oxygen atoms in total. The number of ether oxygens (including phenoxy) is 1. The highest BCUT2D eigenvalue weighted by atomic mass is 32.2. The first-order chi connectivity index (χ1) is 12.6. The number of benzene rings is 1. The first-order valence-corrected chi connectivity index (χ1v) is 9.95. The number of para-hydroxylation sites is 1.